The SMILES string of the molecule is Cc1c(C#N)cc(C(F)F)cc1Oc1c(C(F)(F)C(F)(F)F)ncn(Cc2cnc(CO)c[n+]2[O-])c1=O. The second kappa shape index (κ2) is 10.0. The molecule has 37 heavy (non-hydrogen) atoms. The van der Waals surface area contributed by atoms with Gasteiger partial charge in [-0.05, 0) is 19.1 Å². The Balaban J connectivity index is 2.23. The summed E-state index contributed by atoms with van der Waals surface area (Å²) in [5.41, 5.74) is -5.62. The Hall–Kier alpha value is -4.26. The molecule has 0 fully saturated rings. The minimum Gasteiger partial charge on any atom is -0.618 e. The smallest absolute Gasteiger partial charge is 0.459 e. The molecule has 3 aromatic rings. The van der Waals surface area contributed by atoms with Crippen molar-refractivity contribution in [3.05, 3.63) is 80.2 Å². The third kappa shape index (κ3) is 5.31. The highest BCUT2D eigenvalue weighted by molar-refractivity contribution is 5.51. The standard InChI is InChI=1S/C21H14F7N5O4/c1-10-12(4-29)2-11(18(22)23)3-15(10)37-16-17(20(24,25)21(26,27)28)31-9-32(19(16)35)7-14-5-30-13(8-34)6-33(14)36/h2-3,5-6,9,18,34H,7-8H2,1H3. The van der Waals surface area contributed by atoms with Gasteiger partial charge in [-0.25, -0.2) is 18.7 Å². The van der Waals surface area contributed by atoms with Gasteiger partial charge in [-0.15, -0.1) is 0 Å². The highest BCUT2D eigenvalue weighted by Crippen LogP contribution is 2.46. The molecular formula is C21H14F7N5O4. The molecule has 0 amide bonds. The van der Waals surface area contributed by atoms with E-state index >= 15 is 0 Å². The Morgan fingerprint density at radius 2 is 1.92 bits per heavy atom. The fourth-order valence-corrected chi connectivity index (χ4v) is 3.03. The molecule has 2 heterocycles. The molecule has 1 aromatic carbocycles. The molecule has 0 unspecified atom stereocenters. The first-order chi connectivity index (χ1) is 17.2. The van der Waals surface area contributed by atoms with Gasteiger partial charge in [-0.3, -0.25) is 9.36 Å². The van der Waals surface area contributed by atoms with Gasteiger partial charge in [0.15, 0.2) is 5.69 Å². The number of alkyl halides is 7. The summed E-state index contributed by atoms with van der Waals surface area (Å²) in [4.78, 5) is 19.8. The van der Waals surface area contributed by atoms with E-state index in [-0.39, 0.29) is 21.7 Å². The van der Waals surface area contributed by atoms with Gasteiger partial charge in [-0.1, -0.05) is 0 Å². The molecule has 0 bridgehead atoms. The lowest BCUT2D eigenvalue weighted by molar-refractivity contribution is -0.615. The average molecular weight is 533 g/mol. The Bertz CT molecular complexity index is 1430. The van der Waals surface area contributed by atoms with Crippen LogP contribution in [-0.2, 0) is 19.1 Å². The molecule has 0 atom stereocenters. The molecule has 3 rings (SSSR count). The van der Waals surface area contributed by atoms with E-state index in [1.54, 1.807) is 6.07 Å². The van der Waals surface area contributed by atoms with Crippen LogP contribution in [0, 0.1) is 23.5 Å². The largest absolute Gasteiger partial charge is 0.618 e. The van der Waals surface area contributed by atoms with Crippen LogP contribution >= 0.6 is 0 Å². The van der Waals surface area contributed by atoms with E-state index in [2.05, 4.69) is 9.97 Å². The van der Waals surface area contributed by atoms with Gasteiger partial charge in [0.2, 0.25) is 17.6 Å². The summed E-state index contributed by atoms with van der Waals surface area (Å²) >= 11 is 0. The molecule has 9 nitrogen and oxygen atoms in total. The molecule has 0 radical (unpaired) electrons. The molecule has 196 valence electrons. The summed E-state index contributed by atoms with van der Waals surface area (Å²) in [5.74, 6) is -8.14. The van der Waals surface area contributed by atoms with Crippen LogP contribution in [0.25, 0.3) is 0 Å². The van der Waals surface area contributed by atoms with Crippen LogP contribution < -0.4 is 15.0 Å². The van der Waals surface area contributed by atoms with Crippen molar-refractivity contribution in [2.45, 2.75) is 38.6 Å². The van der Waals surface area contributed by atoms with E-state index in [4.69, 9.17) is 9.84 Å². The number of nitriles is 1. The molecule has 0 aliphatic carbocycles. The Labute approximate surface area is 202 Å². The van der Waals surface area contributed by atoms with E-state index < -0.39 is 65.6 Å². The Morgan fingerprint density at radius 1 is 1.24 bits per heavy atom. The number of nitrogens with zero attached hydrogens (tertiary/aromatic N) is 5. The monoisotopic (exact) mass is 533 g/mol. The number of ether oxygens (including phenoxy) is 1. The van der Waals surface area contributed by atoms with Crippen LogP contribution in [0.5, 0.6) is 11.5 Å². The lowest BCUT2D eigenvalue weighted by Gasteiger charge is -2.22. The van der Waals surface area contributed by atoms with Crippen LogP contribution in [0.2, 0.25) is 0 Å². The number of benzene rings is 1. The second-order valence-corrected chi connectivity index (χ2v) is 7.49. The van der Waals surface area contributed by atoms with Crippen LogP contribution in [0.3, 0.4) is 0 Å². The van der Waals surface area contributed by atoms with E-state index in [1.165, 1.54) is 0 Å². The molecule has 0 spiro atoms. The lowest BCUT2D eigenvalue weighted by Crippen LogP contribution is -2.39. The molecule has 1 N–H and O–H groups in total. The lowest BCUT2D eigenvalue weighted by atomic mass is 10.0. The summed E-state index contributed by atoms with van der Waals surface area (Å²) in [6, 6.07) is 2.90. The predicted octanol–water partition coefficient (Wildman–Crippen LogP) is 3.38. The normalized spacial score (nSPS) is 12.0. The van der Waals surface area contributed by atoms with E-state index in [0.717, 1.165) is 25.4 Å². The minimum atomic E-state index is -6.23. The number of hydrogen-bond donors (Lipinski definition) is 1. The fourth-order valence-electron chi connectivity index (χ4n) is 3.03. The number of hydrogen-bond acceptors (Lipinski definition) is 7. The minimum absolute atomic E-state index is 0.0592. The molecule has 0 aliphatic rings. The zero-order valence-corrected chi connectivity index (χ0v) is 18.4. The number of aliphatic hydroxyl groups excluding tert-OH is 1. The van der Waals surface area contributed by atoms with Crippen molar-refractivity contribution < 1.29 is 45.3 Å². The topological polar surface area (TPSA) is 128 Å². The number of rotatable bonds is 7. The molecule has 0 aliphatic heterocycles. The van der Waals surface area contributed by atoms with Crippen molar-refractivity contribution in [3.63, 3.8) is 0 Å². The van der Waals surface area contributed by atoms with E-state index in [0.29, 0.717) is 17.0 Å². The van der Waals surface area contributed by atoms with E-state index in [9.17, 15) is 46.0 Å². The maximum absolute atomic E-state index is 14.3. The summed E-state index contributed by atoms with van der Waals surface area (Å²) in [6.45, 7) is -0.207. The number of aromatic nitrogens is 4. The van der Waals surface area contributed by atoms with Gasteiger partial charge in [0, 0.05) is 11.1 Å². The number of halogens is 7. The van der Waals surface area contributed by atoms with Crippen molar-refractivity contribution >= 4 is 0 Å². The van der Waals surface area contributed by atoms with Gasteiger partial charge in [0.05, 0.1) is 30.8 Å². The highest BCUT2D eigenvalue weighted by atomic mass is 19.4. The van der Waals surface area contributed by atoms with Gasteiger partial charge in [0.25, 0.3) is 12.0 Å². The first-order valence-electron chi connectivity index (χ1n) is 9.94. The van der Waals surface area contributed by atoms with Crippen molar-refractivity contribution in [2.75, 3.05) is 0 Å². The maximum atomic E-state index is 14.3. The van der Waals surface area contributed by atoms with Crippen LogP contribution in [0.15, 0.2) is 35.6 Å². The maximum Gasteiger partial charge on any atom is 0.459 e. The zero-order chi connectivity index (χ0) is 27.7. The second-order valence-electron chi connectivity index (χ2n) is 7.49. The van der Waals surface area contributed by atoms with Crippen molar-refractivity contribution in [2.24, 2.45) is 0 Å². The third-order valence-electron chi connectivity index (χ3n) is 5.04. The van der Waals surface area contributed by atoms with Gasteiger partial charge >= 0.3 is 12.1 Å². The number of aliphatic hydroxyl groups is 1. The van der Waals surface area contributed by atoms with E-state index in [1.807, 2.05) is 0 Å². The quantitative estimate of drug-likeness (QED) is 0.280. The summed E-state index contributed by atoms with van der Waals surface area (Å²) < 4.78 is 100. The molecular weight excluding hydrogens is 519 g/mol. The Kier molecular flexibility index (Phi) is 7.39. The average Bonchev–Trinajstić information content (AvgIpc) is 2.82. The fraction of sp³-hybridized carbons (Fsp3) is 0.286. The summed E-state index contributed by atoms with van der Waals surface area (Å²) in [6.07, 6.45) is -7.35. The van der Waals surface area contributed by atoms with Gasteiger partial charge in [-0.2, -0.15) is 31.9 Å². The van der Waals surface area contributed by atoms with Crippen LogP contribution in [0.4, 0.5) is 30.7 Å². The molecule has 0 saturated heterocycles. The molecule has 16 heteroatoms. The first kappa shape index (κ1) is 27.3. The van der Waals surface area contributed by atoms with Gasteiger partial charge in [0.1, 0.15) is 18.0 Å². The van der Waals surface area contributed by atoms with Crippen LogP contribution in [-0.4, -0.2) is 25.8 Å². The molecule has 0 saturated carbocycles. The summed E-state index contributed by atoms with van der Waals surface area (Å²) in [7, 11) is 0. The van der Waals surface area contributed by atoms with Crippen molar-refractivity contribution in [1.29, 1.82) is 5.26 Å². The van der Waals surface area contributed by atoms with Gasteiger partial charge < -0.3 is 15.1 Å². The summed E-state index contributed by atoms with van der Waals surface area (Å²) in [5, 5.41) is 30.3. The Morgan fingerprint density at radius 3 is 2.46 bits per heavy atom. The highest BCUT2D eigenvalue weighted by Gasteiger charge is 2.62. The predicted molar refractivity (Wildman–Crippen MR) is 108 cm³/mol. The first-order valence-corrected chi connectivity index (χ1v) is 9.94. The van der Waals surface area contributed by atoms with Crippen LogP contribution in [0.1, 0.15) is 40.2 Å². The molecule has 2 aromatic heterocycles. The third-order valence-corrected chi connectivity index (χ3v) is 5.04. The zero-order valence-electron chi connectivity index (χ0n) is 18.4. The van der Waals surface area contributed by atoms with Crippen molar-refractivity contribution in [3.8, 4) is 17.6 Å². The van der Waals surface area contributed by atoms with Crippen molar-refractivity contribution in [1.82, 2.24) is 14.5 Å².